The average molecular weight is 511 g/mol. The molecule has 7 heteroatoms. The molecule has 0 aliphatic carbocycles. The number of halogens is 1. The molecule has 0 amide bonds. The van der Waals surface area contributed by atoms with Crippen LogP contribution >= 0.6 is 15.9 Å². The summed E-state index contributed by atoms with van der Waals surface area (Å²) in [6.07, 6.45) is 1.98. The Morgan fingerprint density at radius 1 is 0.969 bits per heavy atom. The Kier molecular flexibility index (Phi) is 5.55. The zero-order chi connectivity index (χ0) is 22.3. The average Bonchev–Trinajstić information content (AvgIpc) is 3.26. The number of nitrogens with zero attached hydrogens (tertiary/aromatic N) is 2. The highest BCUT2D eigenvalue weighted by molar-refractivity contribution is 9.10. The third-order valence-electron chi connectivity index (χ3n) is 6.05. The van der Waals surface area contributed by atoms with Crippen LogP contribution in [0.5, 0.6) is 0 Å². The minimum Gasteiger partial charge on any atom is -0.419 e. The molecule has 0 bridgehead atoms. The van der Waals surface area contributed by atoms with Crippen LogP contribution in [0.2, 0.25) is 0 Å². The van der Waals surface area contributed by atoms with E-state index in [0.29, 0.717) is 17.7 Å². The van der Waals surface area contributed by atoms with E-state index in [9.17, 15) is 8.42 Å². The van der Waals surface area contributed by atoms with Gasteiger partial charge in [-0.3, -0.25) is 0 Å². The van der Waals surface area contributed by atoms with Crippen LogP contribution < -0.4 is 4.90 Å². The number of sulfone groups is 1. The molecule has 5 rings (SSSR count). The number of hydrogen-bond acceptors (Lipinski definition) is 5. The number of anilines is 1. The van der Waals surface area contributed by atoms with Gasteiger partial charge >= 0.3 is 0 Å². The number of piperidine rings is 1. The van der Waals surface area contributed by atoms with Gasteiger partial charge in [0.15, 0.2) is 0 Å². The number of aromatic nitrogens is 1. The largest absolute Gasteiger partial charge is 0.419 e. The van der Waals surface area contributed by atoms with Gasteiger partial charge in [-0.2, -0.15) is 4.98 Å². The van der Waals surface area contributed by atoms with Gasteiger partial charge in [0.2, 0.25) is 26.6 Å². The van der Waals surface area contributed by atoms with Gasteiger partial charge in [-0.1, -0.05) is 59.3 Å². The maximum atomic E-state index is 13.6. The summed E-state index contributed by atoms with van der Waals surface area (Å²) in [6, 6.07) is 20.5. The number of oxazole rings is 1. The molecule has 0 spiro atoms. The summed E-state index contributed by atoms with van der Waals surface area (Å²) < 4.78 is 34.3. The van der Waals surface area contributed by atoms with Crippen molar-refractivity contribution in [1.82, 2.24) is 4.98 Å². The first kappa shape index (κ1) is 21.2. The normalized spacial score (nSPS) is 15.4. The van der Waals surface area contributed by atoms with Crippen molar-refractivity contribution in [2.24, 2.45) is 5.92 Å². The first-order valence-corrected chi connectivity index (χ1v) is 13.0. The second-order valence-corrected chi connectivity index (χ2v) is 11.1. The molecule has 0 N–H and O–H groups in total. The quantitative estimate of drug-likeness (QED) is 0.321. The standard InChI is InChI=1S/C25H23BrN2O3S/c1-17-13-15-28(16-14-17)25-24(32(29,30)20-11-9-19(26)10-12-20)27-23(31-25)22-8-4-6-18-5-2-3-7-21(18)22/h2-12,17H,13-16H2,1H3. The monoisotopic (exact) mass is 510 g/mol. The molecule has 3 aromatic carbocycles. The minimum absolute atomic E-state index is 0.0164. The Bertz CT molecular complexity index is 1370. The lowest BCUT2D eigenvalue weighted by Crippen LogP contribution is -2.33. The second kappa shape index (κ2) is 8.37. The van der Waals surface area contributed by atoms with Crippen molar-refractivity contribution >= 4 is 42.4 Å². The fourth-order valence-corrected chi connectivity index (χ4v) is 5.72. The maximum Gasteiger partial charge on any atom is 0.236 e. The summed E-state index contributed by atoms with van der Waals surface area (Å²) in [7, 11) is -3.86. The SMILES string of the molecule is CC1CCN(c2oc(-c3cccc4ccccc34)nc2S(=O)(=O)c2ccc(Br)cc2)CC1. The van der Waals surface area contributed by atoms with Gasteiger partial charge in [0.1, 0.15) is 0 Å². The van der Waals surface area contributed by atoms with Gasteiger partial charge in [0.05, 0.1) is 4.90 Å². The molecular formula is C25H23BrN2O3S. The highest BCUT2D eigenvalue weighted by Crippen LogP contribution is 2.38. The van der Waals surface area contributed by atoms with Crippen molar-refractivity contribution in [3.05, 3.63) is 71.2 Å². The molecule has 1 aromatic heterocycles. The van der Waals surface area contributed by atoms with E-state index in [2.05, 4.69) is 27.8 Å². The van der Waals surface area contributed by atoms with Crippen molar-refractivity contribution in [2.75, 3.05) is 18.0 Å². The molecule has 1 fully saturated rings. The highest BCUT2D eigenvalue weighted by atomic mass is 79.9. The van der Waals surface area contributed by atoms with E-state index in [-0.39, 0.29) is 9.92 Å². The van der Waals surface area contributed by atoms with Crippen LogP contribution in [-0.2, 0) is 9.84 Å². The van der Waals surface area contributed by atoms with Gasteiger partial charge in [-0.25, -0.2) is 8.42 Å². The Morgan fingerprint density at radius 3 is 2.41 bits per heavy atom. The van der Waals surface area contributed by atoms with Gasteiger partial charge in [0.25, 0.3) is 0 Å². The predicted molar refractivity (Wildman–Crippen MR) is 130 cm³/mol. The summed E-state index contributed by atoms with van der Waals surface area (Å²) in [5.41, 5.74) is 0.784. The summed E-state index contributed by atoms with van der Waals surface area (Å²) >= 11 is 3.37. The predicted octanol–water partition coefficient (Wildman–Crippen LogP) is 6.33. The highest BCUT2D eigenvalue weighted by Gasteiger charge is 2.33. The van der Waals surface area contributed by atoms with E-state index >= 15 is 0 Å². The van der Waals surface area contributed by atoms with Crippen LogP contribution in [0.3, 0.4) is 0 Å². The lowest BCUT2D eigenvalue weighted by atomic mass is 9.99. The van der Waals surface area contributed by atoms with E-state index in [1.807, 2.05) is 47.4 Å². The Morgan fingerprint density at radius 2 is 1.66 bits per heavy atom. The van der Waals surface area contributed by atoms with Crippen LogP contribution in [0.25, 0.3) is 22.2 Å². The second-order valence-electron chi connectivity index (χ2n) is 8.28. The number of hydrogen-bond donors (Lipinski definition) is 0. The van der Waals surface area contributed by atoms with Crippen molar-refractivity contribution in [3.63, 3.8) is 0 Å². The fraction of sp³-hybridized carbons (Fsp3) is 0.240. The number of rotatable bonds is 4. The summed E-state index contributed by atoms with van der Waals surface area (Å²) in [5, 5.41) is 2.01. The molecule has 0 atom stereocenters. The van der Waals surface area contributed by atoms with Gasteiger partial charge in [0, 0.05) is 23.1 Å². The smallest absolute Gasteiger partial charge is 0.236 e. The lowest BCUT2D eigenvalue weighted by Gasteiger charge is -2.30. The third kappa shape index (κ3) is 3.84. The summed E-state index contributed by atoms with van der Waals surface area (Å²) in [4.78, 5) is 6.81. The molecule has 164 valence electrons. The van der Waals surface area contributed by atoms with Crippen LogP contribution in [-0.4, -0.2) is 26.5 Å². The lowest BCUT2D eigenvalue weighted by molar-refractivity contribution is 0.416. The number of fused-ring (bicyclic) bond motifs is 1. The van der Waals surface area contributed by atoms with Crippen molar-refractivity contribution in [3.8, 4) is 11.5 Å². The molecule has 1 aliphatic heterocycles. The van der Waals surface area contributed by atoms with Gasteiger partial charge in [-0.05, 0) is 59.9 Å². The molecular weight excluding hydrogens is 488 g/mol. The van der Waals surface area contributed by atoms with E-state index < -0.39 is 9.84 Å². The molecule has 32 heavy (non-hydrogen) atoms. The van der Waals surface area contributed by atoms with E-state index in [0.717, 1.165) is 46.7 Å². The van der Waals surface area contributed by atoms with Crippen molar-refractivity contribution in [2.45, 2.75) is 29.7 Å². The van der Waals surface area contributed by atoms with Crippen molar-refractivity contribution < 1.29 is 12.8 Å². The molecule has 0 radical (unpaired) electrons. The Labute approximate surface area is 196 Å². The van der Waals surface area contributed by atoms with Crippen LogP contribution in [0.1, 0.15) is 19.8 Å². The molecule has 4 aromatic rings. The van der Waals surface area contributed by atoms with Gasteiger partial charge in [-0.15, -0.1) is 0 Å². The molecule has 1 aliphatic rings. The van der Waals surface area contributed by atoms with Crippen molar-refractivity contribution in [1.29, 1.82) is 0 Å². The zero-order valence-corrected chi connectivity index (χ0v) is 20.1. The Balaban J connectivity index is 1.68. The maximum absolute atomic E-state index is 13.6. The van der Waals surface area contributed by atoms with Crippen LogP contribution in [0, 0.1) is 5.92 Å². The van der Waals surface area contributed by atoms with Gasteiger partial charge < -0.3 is 9.32 Å². The first-order chi connectivity index (χ1) is 15.4. The molecule has 0 saturated carbocycles. The fourth-order valence-electron chi connectivity index (χ4n) is 4.14. The minimum atomic E-state index is -3.86. The topological polar surface area (TPSA) is 63.4 Å². The molecule has 0 unspecified atom stereocenters. The Hall–Kier alpha value is -2.64. The van der Waals surface area contributed by atoms with Crippen LogP contribution in [0.15, 0.2) is 85.5 Å². The number of benzene rings is 3. The first-order valence-electron chi connectivity index (χ1n) is 10.7. The molecule has 5 nitrogen and oxygen atoms in total. The van der Waals surface area contributed by atoms with E-state index in [1.54, 1.807) is 24.3 Å². The summed E-state index contributed by atoms with van der Waals surface area (Å²) in [6.45, 7) is 3.71. The molecule has 1 saturated heterocycles. The van der Waals surface area contributed by atoms with Crippen LogP contribution in [0.4, 0.5) is 5.88 Å². The van der Waals surface area contributed by atoms with E-state index in [4.69, 9.17) is 4.42 Å². The summed E-state index contributed by atoms with van der Waals surface area (Å²) in [5.74, 6) is 1.27. The third-order valence-corrected chi connectivity index (χ3v) is 8.25. The molecule has 2 heterocycles. The van der Waals surface area contributed by atoms with E-state index in [1.165, 1.54) is 0 Å². The zero-order valence-electron chi connectivity index (χ0n) is 17.7.